The second kappa shape index (κ2) is 11.4. The van der Waals surface area contributed by atoms with E-state index in [0.717, 1.165) is 22.4 Å². The van der Waals surface area contributed by atoms with E-state index in [4.69, 9.17) is 14.3 Å². The van der Waals surface area contributed by atoms with Crippen LogP contribution >= 0.6 is 0 Å². The third kappa shape index (κ3) is 6.79. The molecular formula is C25H25NO4. The average molecular weight is 403 g/mol. The highest BCUT2D eigenvalue weighted by Crippen LogP contribution is 2.16. The molecule has 1 N–H and O–H groups in total. The predicted molar refractivity (Wildman–Crippen MR) is 116 cm³/mol. The number of hydroxylamine groups is 1. The molecule has 30 heavy (non-hydrogen) atoms. The molecule has 0 fully saturated rings. The molecule has 0 unspecified atom stereocenters. The number of benzene rings is 3. The van der Waals surface area contributed by atoms with Crippen molar-refractivity contribution in [2.75, 3.05) is 7.11 Å². The first kappa shape index (κ1) is 21.1. The molecular weight excluding hydrogens is 378 g/mol. The van der Waals surface area contributed by atoms with Crippen LogP contribution in [0.5, 0.6) is 5.75 Å². The van der Waals surface area contributed by atoms with Crippen LogP contribution in [0.2, 0.25) is 0 Å². The Morgan fingerprint density at radius 1 is 0.833 bits per heavy atom. The number of carbonyl (C=O) groups is 1. The van der Waals surface area contributed by atoms with E-state index < -0.39 is 0 Å². The Kier molecular flexibility index (Phi) is 8.06. The summed E-state index contributed by atoms with van der Waals surface area (Å²) in [6, 6.07) is 27.5. The fourth-order valence-electron chi connectivity index (χ4n) is 2.72. The maximum Gasteiger partial charge on any atom is 0.309 e. The fourth-order valence-corrected chi connectivity index (χ4v) is 2.72. The number of hydrogen-bond acceptors (Lipinski definition) is 5. The van der Waals surface area contributed by atoms with Gasteiger partial charge in [-0.2, -0.15) is 0 Å². The topological polar surface area (TPSA) is 56.8 Å². The SMILES string of the molecule is COC(=O)CC=C(NOCc1ccc(OCc2ccccc2)cc1)c1ccccc1. The monoisotopic (exact) mass is 403 g/mol. The molecule has 3 aromatic carbocycles. The van der Waals surface area contributed by atoms with Gasteiger partial charge in [0, 0.05) is 0 Å². The lowest BCUT2D eigenvalue weighted by Crippen LogP contribution is -2.14. The first-order chi connectivity index (χ1) is 14.7. The summed E-state index contributed by atoms with van der Waals surface area (Å²) in [5.41, 5.74) is 6.70. The van der Waals surface area contributed by atoms with Crippen LogP contribution in [0.25, 0.3) is 5.70 Å². The quantitative estimate of drug-likeness (QED) is 0.386. The van der Waals surface area contributed by atoms with Crippen LogP contribution < -0.4 is 10.2 Å². The average Bonchev–Trinajstić information content (AvgIpc) is 2.81. The summed E-state index contributed by atoms with van der Waals surface area (Å²) in [5.74, 6) is 0.495. The van der Waals surface area contributed by atoms with Gasteiger partial charge in [-0.25, -0.2) is 0 Å². The summed E-state index contributed by atoms with van der Waals surface area (Å²) in [5, 5.41) is 0. The minimum atomic E-state index is -0.309. The van der Waals surface area contributed by atoms with E-state index in [1.54, 1.807) is 6.08 Å². The number of hydrogen-bond donors (Lipinski definition) is 1. The van der Waals surface area contributed by atoms with Gasteiger partial charge in [0.1, 0.15) is 12.4 Å². The lowest BCUT2D eigenvalue weighted by molar-refractivity contribution is -0.139. The Labute approximate surface area is 176 Å². The zero-order valence-corrected chi connectivity index (χ0v) is 16.9. The number of nitrogens with one attached hydrogen (secondary N) is 1. The van der Waals surface area contributed by atoms with Crippen molar-refractivity contribution in [2.45, 2.75) is 19.6 Å². The Morgan fingerprint density at radius 2 is 1.47 bits per heavy atom. The number of esters is 1. The minimum Gasteiger partial charge on any atom is -0.489 e. The van der Waals surface area contributed by atoms with Crippen LogP contribution in [-0.2, 0) is 27.6 Å². The fraction of sp³-hybridized carbons (Fsp3) is 0.160. The summed E-state index contributed by atoms with van der Waals surface area (Å²) in [7, 11) is 1.37. The van der Waals surface area contributed by atoms with E-state index in [9.17, 15) is 4.79 Å². The van der Waals surface area contributed by atoms with Crippen molar-refractivity contribution in [1.82, 2.24) is 5.48 Å². The molecule has 0 amide bonds. The van der Waals surface area contributed by atoms with Gasteiger partial charge in [-0.1, -0.05) is 72.8 Å². The maximum absolute atomic E-state index is 11.5. The van der Waals surface area contributed by atoms with Gasteiger partial charge in [0.2, 0.25) is 0 Å². The number of methoxy groups -OCH3 is 1. The zero-order chi connectivity index (χ0) is 21.0. The molecule has 0 heterocycles. The predicted octanol–water partition coefficient (Wildman–Crippen LogP) is 4.89. The van der Waals surface area contributed by atoms with Crippen molar-refractivity contribution in [1.29, 1.82) is 0 Å². The third-order valence-electron chi connectivity index (χ3n) is 4.38. The van der Waals surface area contributed by atoms with Crippen molar-refractivity contribution in [2.24, 2.45) is 0 Å². The maximum atomic E-state index is 11.5. The largest absolute Gasteiger partial charge is 0.489 e. The van der Waals surface area contributed by atoms with E-state index in [0.29, 0.717) is 18.9 Å². The Balaban J connectivity index is 1.52. The molecule has 3 aromatic rings. The third-order valence-corrected chi connectivity index (χ3v) is 4.38. The Bertz CT molecular complexity index is 938. The Morgan fingerprint density at radius 3 is 2.13 bits per heavy atom. The summed E-state index contributed by atoms with van der Waals surface area (Å²) in [6.07, 6.45) is 1.91. The summed E-state index contributed by atoms with van der Waals surface area (Å²) in [4.78, 5) is 17.1. The Hall–Kier alpha value is -3.57. The standard InChI is InChI=1S/C25H25NO4/c1-28-25(27)17-16-24(22-10-6-3-7-11-22)26-30-19-21-12-14-23(15-13-21)29-18-20-8-4-2-5-9-20/h2-16,26H,17-19H2,1H3. The van der Waals surface area contributed by atoms with Crippen molar-refractivity contribution in [3.8, 4) is 5.75 Å². The molecule has 0 aliphatic rings. The normalized spacial score (nSPS) is 11.0. The van der Waals surface area contributed by atoms with Crippen LogP contribution in [0.15, 0.2) is 91.0 Å². The highest BCUT2D eigenvalue weighted by molar-refractivity contribution is 5.74. The molecule has 0 saturated carbocycles. The first-order valence-corrected chi connectivity index (χ1v) is 9.70. The van der Waals surface area contributed by atoms with Gasteiger partial charge in [0.15, 0.2) is 0 Å². The minimum absolute atomic E-state index is 0.157. The van der Waals surface area contributed by atoms with Crippen LogP contribution in [0.4, 0.5) is 0 Å². The van der Waals surface area contributed by atoms with Gasteiger partial charge in [-0.15, -0.1) is 0 Å². The molecule has 0 saturated heterocycles. The number of carbonyl (C=O) groups excluding carboxylic acids is 1. The molecule has 0 bridgehead atoms. The van der Waals surface area contributed by atoms with Crippen LogP contribution in [0.1, 0.15) is 23.1 Å². The summed E-state index contributed by atoms with van der Waals surface area (Å²) >= 11 is 0. The van der Waals surface area contributed by atoms with Gasteiger partial charge in [-0.05, 0) is 34.9 Å². The molecule has 154 valence electrons. The lowest BCUT2D eigenvalue weighted by Gasteiger charge is -2.12. The molecule has 0 spiro atoms. The van der Waals surface area contributed by atoms with E-state index in [2.05, 4.69) is 5.48 Å². The van der Waals surface area contributed by atoms with E-state index >= 15 is 0 Å². The van der Waals surface area contributed by atoms with Gasteiger partial charge >= 0.3 is 5.97 Å². The van der Waals surface area contributed by atoms with Gasteiger partial charge in [-0.3, -0.25) is 15.1 Å². The zero-order valence-electron chi connectivity index (χ0n) is 16.9. The summed E-state index contributed by atoms with van der Waals surface area (Å²) < 4.78 is 10.5. The molecule has 0 aliphatic carbocycles. The van der Waals surface area contributed by atoms with Crippen molar-refractivity contribution in [3.63, 3.8) is 0 Å². The molecule has 5 heteroatoms. The number of rotatable bonds is 10. The van der Waals surface area contributed by atoms with Gasteiger partial charge < -0.3 is 9.47 Å². The van der Waals surface area contributed by atoms with Gasteiger partial charge in [0.05, 0.1) is 25.8 Å². The molecule has 0 aromatic heterocycles. The van der Waals surface area contributed by atoms with E-state index in [1.165, 1.54) is 7.11 Å². The highest BCUT2D eigenvalue weighted by Gasteiger charge is 2.04. The van der Waals surface area contributed by atoms with Crippen molar-refractivity contribution in [3.05, 3.63) is 108 Å². The first-order valence-electron chi connectivity index (χ1n) is 9.70. The van der Waals surface area contributed by atoms with Crippen molar-refractivity contribution >= 4 is 11.7 Å². The molecule has 0 atom stereocenters. The molecule has 5 nitrogen and oxygen atoms in total. The second-order valence-corrected chi connectivity index (χ2v) is 6.57. The highest BCUT2D eigenvalue weighted by atomic mass is 16.6. The lowest BCUT2D eigenvalue weighted by atomic mass is 10.1. The second-order valence-electron chi connectivity index (χ2n) is 6.57. The van der Waals surface area contributed by atoms with E-state index in [1.807, 2.05) is 84.9 Å². The number of ether oxygens (including phenoxy) is 2. The summed E-state index contributed by atoms with van der Waals surface area (Å²) in [6.45, 7) is 0.894. The van der Waals surface area contributed by atoms with Gasteiger partial charge in [0.25, 0.3) is 0 Å². The van der Waals surface area contributed by atoms with Crippen LogP contribution in [0, 0.1) is 0 Å². The molecule has 0 radical (unpaired) electrons. The molecule has 0 aliphatic heterocycles. The molecule has 3 rings (SSSR count). The van der Waals surface area contributed by atoms with Crippen LogP contribution in [-0.4, -0.2) is 13.1 Å². The van der Waals surface area contributed by atoms with Crippen molar-refractivity contribution < 1.29 is 19.1 Å². The van der Waals surface area contributed by atoms with E-state index in [-0.39, 0.29) is 12.4 Å². The van der Waals surface area contributed by atoms with Crippen LogP contribution in [0.3, 0.4) is 0 Å². The smallest absolute Gasteiger partial charge is 0.309 e.